The first-order chi connectivity index (χ1) is 20.3. The average molecular weight is 653 g/mol. The Labute approximate surface area is 262 Å². The lowest BCUT2D eigenvalue weighted by atomic mass is 10.1. The summed E-state index contributed by atoms with van der Waals surface area (Å²) >= 11 is 12.7. The van der Waals surface area contributed by atoms with Gasteiger partial charge in [0.15, 0.2) is 11.5 Å². The molecule has 0 aromatic heterocycles. The molecule has 0 spiro atoms. The van der Waals surface area contributed by atoms with E-state index in [1.165, 1.54) is 62.6 Å². The summed E-state index contributed by atoms with van der Waals surface area (Å²) in [4.78, 5) is 28.3. The van der Waals surface area contributed by atoms with Gasteiger partial charge in [0.1, 0.15) is 18.3 Å². The number of ether oxygens (including phenoxy) is 3. The minimum Gasteiger partial charge on any atom is -0.495 e. The molecule has 3 aromatic rings. The zero-order valence-corrected chi connectivity index (χ0v) is 27.1. The summed E-state index contributed by atoms with van der Waals surface area (Å²) in [7, 11) is -0.268. The second-order valence-corrected chi connectivity index (χ2v) is 12.5. The van der Waals surface area contributed by atoms with Crippen molar-refractivity contribution >= 4 is 50.7 Å². The van der Waals surface area contributed by atoms with Crippen molar-refractivity contribution in [3.05, 3.63) is 76.3 Å². The van der Waals surface area contributed by atoms with E-state index in [0.29, 0.717) is 16.3 Å². The number of hydrogen-bond acceptors (Lipinski definition) is 7. The molecule has 232 valence electrons. The third-order valence-corrected chi connectivity index (χ3v) is 8.89. The number of amides is 2. The van der Waals surface area contributed by atoms with E-state index >= 15 is 0 Å². The number of halogens is 2. The van der Waals surface area contributed by atoms with E-state index < -0.39 is 34.4 Å². The molecule has 13 heteroatoms. The van der Waals surface area contributed by atoms with Gasteiger partial charge in [-0.2, -0.15) is 0 Å². The molecule has 0 aliphatic heterocycles. The van der Waals surface area contributed by atoms with Crippen LogP contribution < -0.4 is 23.8 Å². The maximum atomic E-state index is 14.3. The fourth-order valence-corrected chi connectivity index (χ4v) is 6.07. The van der Waals surface area contributed by atoms with Gasteiger partial charge in [-0.3, -0.25) is 13.9 Å². The molecule has 0 radical (unpaired) electrons. The Morgan fingerprint density at radius 2 is 1.49 bits per heavy atom. The van der Waals surface area contributed by atoms with Crippen LogP contribution in [-0.2, 0) is 26.2 Å². The topological polar surface area (TPSA) is 114 Å². The van der Waals surface area contributed by atoms with Crippen molar-refractivity contribution in [3.63, 3.8) is 0 Å². The van der Waals surface area contributed by atoms with E-state index in [1.54, 1.807) is 45.0 Å². The van der Waals surface area contributed by atoms with Crippen molar-refractivity contribution in [2.24, 2.45) is 0 Å². The molecule has 0 heterocycles. The highest BCUT2D eigenvalue weighted by atomic mass is 35.5. The van der Waals surface area contributed by atoms with Gasteiger partial charge in [-0.05, 0) is 62.7 Å². The predicted molar refractivity (Wildman–Crippen MR) is 167 cm³/mol. The number of carbonyl (C=O) groups is 2. The first kappa shape index (κ1) is 33.8. The largest absolute Gasteiger partial charge is 0.495 e. The molecule has 0 saturated carbocycles. The number of hydrogen-bond donors (Lipinski definition) is 1. The number of sulfonamides is 1. The van der Waals surface area contributed by atoms with Gasteiger partial charge < -0.3 is 24.4 Å². The molecule has 0 aliphatic carbocycles. The second kappa shape index (κ2) is 14.7. The summed E-state index contributed by atoms with van der Waals surface area (Å²) in [5.74, 6) is -0.431. The number of rotatable bonds is 13. The third-order valence-electron chi connectivity index (χ3n) is 6.53. The first-order valence-corrected chi connectivity index (χ1v) is 15.4. The second-order valence-electron chi connectivity index (χ2n) is 9.80. The SMILES string of the molecule is COc1ccc(S(=O)(=O)N(CC(=O)N(Cc2ccccc2Cl)[C@H](C)C(=O)NC(C)C)c2cc(Cl)ccc2OC)cc1OC. The number of nitrogens with zero attached hydrogens (tertiary/aromatic N) is 2. The van der Waals surface area contributed by atoms with Crippen molar-refractivity contribution in [1.82, 2.24) is 10.2 Å². The molecule has 0 fully saturated rings. The Kier molecular flexibility index (Phi) is 11.5. The lowest BCUT2D eigenvalue weighted by Gasteiger charge is -2.33. The van der Waals surface area contributed by atoms with Gasteiger partial charge in [0.05, 0.1) is 31.9 Å². The molecule has 0 aliphatic rings. The minimum atomic E-state index is -4.45. The van der Waals surface area contributed by atoms with Gasteiger partial charge in [-0.1, -0.05) is 41.4 Å². The summed E-state index contributed by atoms with van der Waals surface area (Å²) < 4.78 is 45.5. The standard InChI is InChI=1S/C30H35Cl2N3O7S/c1-19(2)33-30(37)20(3)34(17-21-9-7-8-10-24(21)32)29(36)18-35(25-15-22(31)11-13-26(25)40-4)43(38,39)23-12-14-27(41-5)28(16-23)42-6/h7-16,19-20H,17-18H2,1-6H3,(H,33,37)/t20-/m1/s1. The molecule has 1 N–H and O–H groups in total. The number of benzene rings is 3. The van der Waals surface area contributed by atoms with Gasteiger partial charge in [0.25, 0.3) is 10.0 Å². The molecule has 10 nitrogen and oxygen atoms in total. The van der Waals surface area contributed by atoms with Crippen molar-refractivity contribution in [2.45, 2.75) is 44.3 Å². The van der Waals surface area contributed by atoms with E-state index in [9.17, 15) is 18.0 Å². The molecule has 0 bridgehead atoms. The fraction of sp³-hybridized carbons (Fsp3) is 0.333. The molecule has 1 atom stereocenters. The van der Waals surface area contributed by atoms with Crippen molar-refractivity contribution in [3.8, 4) is 17.2 Å². The maximum Gasteiger partial charge on any atom is 0.265 e. The number of nitrogens with one attached hydrogen (secondary N) is 1. The Hall–Kier alpha value is -3.67. The molecular weight excluding hydrogens is 617 g/mol. The Balaban J connectivity index is 2.16. The lowest BCUT2D eigenvalue weighted by molar-refractivity contribution is -0.139. The average Bonchev–Trinajstić information content (AvgIpc) is 2.98. The molecular formula is C30H35Cl2N3O7S. The monoisotopic (exact) mass is 651 g/mol. The Morgan fingerprint density at radius 3 is 2.09 bits per heavy atom. The predicted octanol–water partition coefficient (Wildman–Crippen LogP) is 5.16. The van der Waals surface area contributed by atoms with Crippen LogP contribution in [0.15, 0.2) is 65.6 Å². The number of carbonyl (C=O) groups excluding carboxylic acids is 2. The highest BCUT2D eigenvalue weighted by Gasteiger charge is 2.34. The van der Waals surface area contributed by atoms with Crippen LogP contribution in [0.2, 0.25) is 10.0 Å². The van der Waals surface area contributed by atoms with Crippen molar-refractivity contribution in [2.75, 3.05) is 32.2 Å². The van der Waals surface area contributed by atoms with E-state index in [4.69, 9.17) is 37.4 Å². The van der Waals surface area contributed by atoms with Crippen LogP contribution >= 0.6 is 23.2 Å². The van der Waals surface area contributed by atoms with Gasteiger partial charge in [-0.15, -0.1) is 0 Å². The molecule has 3 rings (SSSR count). The molecule has 3 aromatic carbocycles. The lowest BCUT2D eigenvalue weighted by Crippen LogP contribution is -2.52. The van der Waals surface area contributed by atoms with E-state index in [-0.39, 0.29) is 39.7 Å². The summed E-state index contributed by atoms with van der Waals surface area (Å²) in [6.45, 7) is 4.42. The highest BCUT2D eigenvalue weighted by molar-refractivity contribution is 7.92. The third kappa shape index (κ3) is 8.04. The van der Waals surface area contributed by atoms with Crippen LogP contribution in [0, 0.1) is 0 Å². The molecule has 2 amide bonds. The quantitative estimate of drug-likeness (QED) is 0.272. The highest BCUT2D eigenvalue weighted by Crippen LogP contribution is 2.37. The van der Waals surface area contributed by atoms with Gasteiger partial charge in [0.2, 0.25) is 11.8 Å². The first-order valence-electron chi connectivity index (χ1n) is 13.3. The smallest absolute Gasteiger partial charge is 0.265 e. The summed E-state index contributed by atoms with van der Waals surface area (Å²) in [6.07, 6.45) is 0. The number of methoxy groups -OCH3 is 3. The van der Waals surface area contributed by atoms with Crippen molar-refractivity contribution < 1.29 is 32.2 Å². The Morgan fingerprint density at radius 1 is 0.860 bits per heavy atom. The molecule has 0 unspecified atom stereocenters. The molecule has 43 heavy (non-hydrogen) atoms. The number of anilines is 1. The van der Waals surface area contributed by atoms with Crippen LogP contribution in [0.5, 0.6) is 17.2 Å². The minimum absolute atomic E-state index is 0.0233. The van der Waals surface area contributed by atoms with Gasteiger partial charge in [0, 0.05) is 28.7 Å². The summed E-state index contributed by atoms with van der Waals surface area (Å²) in [6, 6.07) is 14.2. The summed E-state index contributed by atoms with van der Waals surface area (Å²) in [5, 5.41) is 3.42. The Bertz CT molecular complexity index is 1570. The normalized spacial score (nSPS) is 11.9. The van der Waals surface area contributed by atoms with Crippen LogP contribution in [0.25, 0.3) is 0 Å². The maximum absolute atomic E-state index is 14.3. The van der Waals surface area contributed by atoms with E-state index in [0.717, 1.165) is 4.31 Å². The fourth-order valence-electron chi connectivity index (χ4n) is 4.27. The van der Waals surface area contributed by atoms with Crippen LogP contribution in [0.4, 0.5) is 5.69 Å². The zero-order chi connectivity index (χ0) is 31.9. The van der Waals surface area contributed by atoms with Crippen LogP contribution in [-0.4, -0.2) is 65.1 Å². The van der Waals surface area contributed by atoms with Crippen molar-refractivity contribution in [1.29, 1.82) is 0 Å². The van der Waals surface area contributed by atoms with Gasteiger partial charge in [-0.25, -0.2) is 8.42 Å². The summed E-state index contributed by atoms with van der Waals surface area (Å²) in [5.41, 5.74) is 0.603. The van der Waals surface area contributed by atoms with Gasteiger partial charge >= 0.3 is 0 Å². The van der Waals surface area contributed by atoms with E-state index in [2.05, 4.69) is 5.32 Å². The molecule has 0 saturated heterocycles. The zero-order valence-electron chi connectivity index (χ0n) is 24.8. The van der Waals surface area contributed by atoms with Crippen LogP contribution in [0.3, 0.4) is 0 Å². The van der Waals surface area contributed by atoms with Crippen LogP contribution in [0.1, 0.15) is 26.3 Å². The van der Waals surface area contributed by atoms with E-state index in [1.807, 2.05) is 0 Å².